The molecule has 0 radical (unpaired) electrons. The molecule has 6 atom stereocenters. The Labute approximate surface area is 698 Å². The molecule has 10 aromatic heterocycles. The van der Waals surface area contributed by atoms with Gasteiger partial charge < -0.3 is 44.4 Å². The molecular formula is C86H87F4N25O7. The smallest absolute Gasteiger partial charge is 0.416 e. The standard InChI is InChI=1S/C25H23F3N6O3.C21H19FN6O.C20H22N8O.C20H23N5O2/c26-25(27,28)16-3-1-2-15(12-16)19-4-5-20-22(30-19)34(17-7-10-33(20)13-17)24(35)32-21-6-9-29-23(31-21)37-18-8-11-36-14-18;1-13-17(22)9-14(10-24-13)18-4-5-19-20(26-18)28(16-6-8-27(19)12-16)21(29)25-15-3-2-7-23-11-15;1-13(2)27-11-14(9-23-27)16-3-4-17-19(24-16)28(15-5-8-26(17)12-15)20(29)25-18-10-21-6-7-22-18;1-13-2-3-14(10-21-13)17-4-5-18-19(23-17)25(16-6-8-24(18)11-16)20(26)22-15-7-9-27-12-15/h1-6,9,12,17-18H,7-8,10-11,13-14H2,(H,29,31,32,35);2-5,7,9-11,16H,6,8,12H2,1H3,(H,25,29);3-4,6-7,9-11,13,15H,5,8,12H2,1-2H3,(H,22,25,29);2-5,10,15-16H,6-9,11-12H2,1H3,(H,22,26)/t17-,18+;16-;15-;15?,16-/m0000/s1. The Kier molecular flexibility index (Phi) is 22.1. The lowest BCUT2D eigenvalue weighted by Gasteiger charge is -2.36. The Balaban J connectivity index is 0.000000112. The number of nitrogens with one attached hydrogen (secondary N) is 4. The summed E-state index contributed by atoms with van der Waals surface area (Å²) in [5.41, 5.74) is 10.2. The summed E-state index contributed by atoms with van der Waals surface area (Å²) in [6.07, 6.45) is 17.1. The van der Waals surface area contributed by atoms with E-state index in [2.05, 4.69) is 112 Å². The first kappa shape index (κ1) is 79.5. The summed E-state index contributed by atoms with van der Waals surface area (Å²) in [6.45, 7) is 16.7. The van der Waals surface area contributed by atoms with Crippen LogP contribution in [0, 0.1) is 19.7 Å². The molecule has 0 aliphatic carbocycles. The summed E-state index contributed by atoms with van der Waals surface area (Å²) in [6, 6.07) is 30.7. The Morgan fingerprint density at radius 2 is 1.03 bits per heavy atom. The summed E-state index contributed by atoms with van der Waals surface area (Å²) in [4.78, 5) is 117. The lowest BCUT2D eigenvalue weighted by molar-refractivity contribution is -0.137. The zero-order valence-electron chi connectivity index (χ0n) is 67.2. The van der Waals surface area contributed by atoms with Crippen molar-refractivity contribution in [3.05, 3.63) is 194 Å². The predicted octanol–water partition coefficient (Wildman–Crippen LogP) is 13.3. The fourth-order valence-corrected chi connectivity index (χ4v) is 16.8. The number of alkyl halides is 3. The van der Waals surface area contributed by atoms with Crippen LogP contribution < -0.4 is 65.2 Å². The van der Waals surface area contributed by atoms with Gasteiger partial charge in [0.25, 0.3) is 0 Å². The number of aromatic nitrogens is 13. The van der Waals surface area contributed by atoms with Crippen molar-refractivity contribution in [2.24, 2.45) is 0 Å². The van der Waals surface area contributed by atoms with Crippen LogP contribution in [0.15, 0.2) is 171 Å². The molecule has 10 aliphatic rings. The van der Waals surface area contributed by atoms with Gasteiger partial charge in [0.05, 0.1) is 131 Å². The van der Waals surface area contributed by atoms with Crippen molar-refractivity contribution in [1.82, 2.24) is 69.9 Å². The van der Waals surface area contributed by atoms with Crippen molar-refractivity contribution in [2.75, 3.05) is 134 Å². The highest BCUT2D eigenvalue weighted by Gasteiger charge is 2.46. The number of rotatable bonds is 11. The lowest BCUT2D eigenvalue weighted by atomic mass is 10.1. The van der Waals surface area contributed by atoms with Gasteiger partial charge in [0.15, 0.2) is 29.1 Å². The zero-order chi connectivity index (χ0) is 83.9. The van der Waals surface area contributed by atoms with Gasteiger partial charge in [-0.2, -0.15) is 23.3 Å². The minimum absolute atomic E-state index is 0.0369. The van der Waals surface area contributed by atoms with Gasteiger partial charge in [-0.1, -0.05) is 12.1 Å². The van der Waals surface area contributed by atoms with E-state index >= 15 is 0 Å². The molecule has 8 amide bonds. The van der Waals surface area contributed by atoms with Crippen molar-refractivity contribution in [2.45, 2.75) is 115 Å². The quantitative estimate of drug-likeness (QED) is 0.0874. The second-order valence-corrected chi connectivity index (χ2v) is 31.5. The van der Waals surface area contributed by atoms with Crippen LogP contribution in [-0.4, -0.2) is 204 Å². The van der Waals surface area contributed by atoms with Gasteiger partial charge in [0.1, 0.15) is 17.7 Å². The predicted molar refractivity (Wildman–Crippen MR) is 450 cm³/mol. The highest BCUT2D eigenvalue weighted by molar-refractivity contribution is 6.07. The first-order valence-electron chi connectivity index (χ1n) is 40.8. The van der Waals surface area contributed by atoms with Crippen molar-refractivity contribution >= 4 is 87.5 Å². The highest BCUT2D eigenvalue weighted by Crippen LogP contribution is 2.46. The number of hydrogen-bond donors (Lipinski definition) is 4. The maximum absolute atomic E-state index is 14.0. The Bertz CT molecular complexity index is 5710. The molecule has 4 N–H and O–H groups in total. The second-order valence-electron chi connectivity index (χ2n) is 31.5. The van der Waals surface area contributed by atoms with Crippen LogP contribution in [0.4, 0.5) is 100 Å². The zero-order valence-corrected chi connectivity index (χ0v) is 67.2. The average Bonchev–Trinajstić information content (AvgIpc) is 1.57. The van der Waals surface area contributed by atoms with Gasteiger partial charge in [-0.15, -0.1) is 0 Å². The number of ether oxygens (including phenoxy) is 3. The number of carbonyl (C=O) groups excluding carboxylic acids is 4. The third-order valence-electron chi connectivity index (χ3n) is 23.1. The molecule has 1 unspecified atom stereocenters. The fraction of sp³-hybridized carbons (Fsp3) is 0.349. The average molecular weight is 1660 g/mol. The normalized spacial score (nSPS) is 19.7. The Morgan fingerprint density at radius 1 is 0.484 bits per heavy atom. The number of nitrogens with zero attached hydrogens (tertiary/aromatic N) is 21. The molecule has 122 heavy (non-hydrogen) atoms. The molecule has 20 heterocycles. The minimum Gasteiger partial charge on any atom is -0.458 e. The molecule has 1 aromatic carbocycles. The summed E-state index contributed by atoms with van der Waals surface area (Å²) in [5.74, 6) is 2.72. The number of urea groups is 4. The van der Waals surface area contributed by atoms with E-state index in [4.69, 9.17) is 29.2 Å². The summed E-state index contributed by atoms with van der Waals surface area (Å²) >= 11 is 0. The number of hydrogen-bond acceptors (Lipinski definition) is 23. The van der Waals surface area contributed by atoms with Gasteiger partial charge in [-0.05, 0) is 157 Å². The number of amides is 8. The largest absolute Gasteiger partial charge is 0.458 e. The van der Waals surface area contributed by atoms with Crippen molar-refractivity contribution in [3.63, 3.8) is 0 Å². The van der Waals surface area contributed by atoms with Gasteiger partial charge in [-0.25, -0.2) is 53.5 Å². The maximum atomic E-state index is 14.0. The molecule has 0 spiro atoms. The molecular weight excluding hydrogens is 1570 g/mol. The van der Waals surface area contributed by atoms with E-state index in [1.807, 2.05) is 71.5 Å². The van der Waals surface area contributed by atoms with Gasteiger partial charge in [-0.3, -0.25) is 54.9 Å². The van der Waals surface area contributed by atoms with Crippen LogP contribution in [0.25, 0.3) is 45.0 Å². The van der Waals surface area contributed by atoms with E-state index in [1.54, 1.807) is 89.0 Å². The van der Waals surface area contributed by atoms with E-state index in [0.29, 0.717) is 90.1 Å². The lowest BCUT2D eigenvalue weighted by Crippen LogP contribution is -2.53. The Hall–Kier alpha value is -13.6. The van der Waals surface area contributed by atoms with Crippen LogP contribution >= 0.6 is 0 Å². The van der Waals surface area contributed by atoms with E-state index in [9.17, 15) is 36.7 Å². The van der Waals surface area contributed by atoms with E-state index in [-0.39, 0.29) is 78.1 Å². The van der Waals surface area contributed by atoms with E-state index in [1.165, 1.54) is 24.5 Å². The molecule has 6 fully saturated rings. The minimum atomic E-state index is -4.47. The van der Waals surface area contributed by atoms with E-state index < -0.39 is 17.8 Å². The number of halogens is 4. The number of aryl methyl sites for hydroxylation is 2. The molecule has 10 aliphatic heterocycles. The first-order valence-corrected chi connectivity index (χ1v) is 40.8. The topological polar surface area (TPSA) is 330 Å². The number of pyridine rings is 7. The van der Waals surface area contributed by atoms with Gasteiger partial charge in [0, 0.05) is 143 Å². The summed E-state index contributed by atoms with van der Waals surface area (Å²) in [5, 5.41) is 16.1. The third kappa shape index (κ3) is 16.6. The molecule has 626 valence electrons. The van der Waals surface area contributed by atoms with E-state index in [0.717, 1.165) is 153 Å². The fourth-order valence-electron chi connectivity index (χ4n) is 16.8. The molecule has 21 rings (SSSR count). The molecule has 6 saturated heterocycles. The summed E-state index contributed by atoms with van der Waals surface area (Å²) in [7, 11) is 0. The second kappa shape index (κ2) is 33.9. The SMILES string of the molecule is CC(C)n1cc(-c2ccc3c(n2)N(C(=O)Nc2cnccn2)[C@H]2CCN3C2)cn1.Cc1ccc(-c2ccc3c(n2)N(C(=O)NC2CCOC2)[C@H]2CCN3C2)cn1.Cc1ncc(-c2ccc3c(n2)N(C(=O)Nc2cccnc2)[C@H]2CCN3C2)cc1F.O=C(Nc1ccnc(O[C@@H]2CCOC2)n1)N1c2nc(-c3cccc(C(F)(F)F)c3)ccc2N2CC[C@H]1C2. The van der Waals surface area contributed by atoms with Crippen LogP contribution in [-0.2, 0) is 15.7 Å². The highest BCUT2D eigenvalue weighted by atomic mass is 19.4. The Morgan fingerprint density at radius 3 is 1.55 bits per heavy atom. The number of anilines is 11. The third-order valence-corrected chi connectivity index (χ3v) is 23.1. The monoisotopic (exact) mass is 1660 g/mol. The molecule has 0 saturated carbocycles. The van der Waals surface area contributed by atoms with Gasteiger partial charge in [0.2, 0.25) is 0 Å². The number of carbonyl (C=O) groups is 4. The van der Waals surface area contributed by atoms with Crippen molar-refractivity contribution < 1.29 is 51.0 Å². The van der Waals surface area contributed by atoms with Crippen molar-refractivity contribution in [3.8, 4) is 51.0 Å². The number of fused-ring (bicyclic) bond motifs is 16. The summed E-state index contributed by atoms with van der Waals surface area (Å²) < 4.78 is 72.2. The molecule has 8 bridgehead atoms. The van der Waals surface area contributed by atoms with Crippen LogP contribution in [0.5, 0.6) is 6.01 Å². The van der Waals surface area contributed by atoms with Crippen LogP contribution in [0.2, 0.25) is 0 Å². The molecule has 32 nitrogen and oxygen atoms in total. The van der Waals surface area contributed by atoms with Crippen LogP contribution in [0.1, 0.15) is 75.4 Å². The molecule has 36 heteroatoms. The number of benzene rings is 1. The van der Waals surface area contributed by atoms with Crippen molar-refractivity contribution in [1.29, 1.82) is 0 Å². The van der Waals surface area contributed by atoms with Gasteiger partial charge >= 0.3 is 36.3 Å². The first-order chi connectivity index (χ1) is 59.2. The molecule has 11 aromatic rings. The van der Waals surface area contributed by atoms with Crippen LogP contribution in [0.3, 0.4) is 0 Å². The maximum Gasteiger partial charge on any atom is 0.416 e.